The average molecular weight is 305 g/mol. The number of ether oxygens (including phenoxy) is 1. The Kier molecular flexibility index (Phi) is 5.02. The Balaban J connectivity index is 1.47. The van der Waals surface area contributed by atoms with Crippen molar-refractivity contribution in [3.63, 3.8) is 0 Å². The molecule has 2 aliphatic heterocycles. The number of hydrogen-bond acceptors (Lipinski definition) is 6. The fourth-order valence-electron chi connectivity index (χ4n) is 3.17. The zero-order valence-corrected chi connectivity index (χ0v) is 13.2. The Morgan fingerprint density at radius 2 is 1.50 bits per heavy atom. The molecule has 0 amide bonds. The van der Waals surface area contributed by atoms with E-state index >= 15 is 0 Å². The number of nitrogen functional groups attached to an aromatic ring is 2. The first kappa shape index (κ1) is 15.4. The van der Waals surface area contributed by atoms with Gasteiger partial charge in [-0.1, -0.05) is 6.07 Å². The summed E-state index contributed by atoms with van der Waals surface area (Å²) in [6.45, 7) is 10.4. The molecule has 0 spiro atoms. The van der Waals surface area contributed by atoms with Crippen LogP contribution in [-0.2, 0) is 4.74 Å². The highest BCUT2D eigenvalue weighted by Gasteiger charge is 2.20. The van der Waals surface area contributed by atoms with E-state index < -0.39 is 0 Å². The summed E-state index contributed by atoms with van der Waals surface area (Å²) in [6, 6.07) is 5.90. The summed E-state index contributed by atoms with van der Waals surface area (Å²) in [5, 5.41) is 0. The number of rotatable bonds is 4. The Morgan fingerprint density at radius 1 is 0.864 bits per heavy atom. The lowest BCUT2D eigenvalue weighted by Gasteiger charge is -2.38. The van der Waals surface area contributed by atoms with E-state index in [4.69, 9.17) is 16.2 Å². The normalized spacial score (nSPS) is 21.2. The molecular formula is C16H27N5O. The molecule has 0 saturated carbocycles. The molecule has 0 unspecified atom stereocenters. The summed E-state index contributed by atoms with van der Waals surface area (Å²) in [5.41, 5.74) is 14.5. The molecule has 3 rings (SSSR count). The molecule has 0 aliphatic carbocycles. The van der Waals surface area contributed by atoms with Crippen molar-refractivity contribution in [2.75, 3.05) is 81.9 Å². The summed E-state index contributed by atoms with van der Waals surface area (Å²) in [7, 11) is 0. The predicted molar refractivity (Wildman–Crippen MR) is 91.2 cm³/mol. The van der Waals surface area contributed by atoms with Gasteiger partial charge in [0.15, 0.2) is 0 Å². The van der Waals surface area contributed by atoms with Gasteiger partial charge in [-0.3, -0.25) is 9.80 Å². The van der Waals surface area contributed by atoms with Crippen LogP contribution in [-0.4, -0.2) is 75.4 Å². The average Bonchev–Trinajstić information content (AvgIpc) is 2.57. The quantitative estimate of drug-likeness (QED) is 0.780. The highest BCUT2D eigenvalue weighted by atomic mass is 16.5. The van der Waals surface area contributed by atoms with Crippen molar-refractivity contribution < 1.29 is 4.74 Å². The highest BCUT2D eigenvalue weighted by molar-refractivity contribution is 5.79. The van der Waals surface area contributed by atoms with Gasteiger partial charge in [-0.15, -0.1) is 0 Å². The Hall–Kier alpha value is -1.50. The molecule has 2 heterocycles. The lowest BCUT2D eigenvalue weighted by Crippen LogP contribution is -2.49. The number of nitrogens with two attached hydrogens (primary N) is 2. The second kappa shape index (κ2) is 7.17. The van der Waals surface area contributed by atoms with Crippen LogP contribution in [0.15, 0.2) is 18.2 Å². The Morgan fingerprint density at radius 3 is 2.18 bits per heavy atom. The Bertz CT molecular complexity index is 481. The molecule has 0 bridgehead atoms. The van der Waals surface area contributed by atoms with Crippen LogP contribution in [0.1, 0.15) is 0 Å². The SMILES string of the molecule is Nc1cccc(N2CCN(CCN3CCOCC3)CC2)c1N. The minimum absolute atomic E-state index is 0.673. The van der Waals surface area contributed by atoms with Crippen molar-refractivity contribution in [2.45, 2.75) is 0 Å². The third-order valence-corrected chi connectivity index (χ3v) is 4.67. The standard InChI is InChI=1S/C16H27N5O/c17-14-2-1-3-15(16(14)18)21-8-6-19(7-9-21)4-5-20-10-12-22-13-11-20/h1-3H,4-13,17-18H2. The van der Waals surface area contributed by atoms with E-state index in [1.807, 2.05) is 12.1 Å². The first-order valence-corrected chi connectivity index (χ1v) is 8.15. The van der Waals surface area contributed by atoms with Gasteiger partial charge in [-0.2, -0.15) is 0 Å². The number of hydrogen-bond donors (Lipinski definition) is 2. The largest absolute Gasteiger partial charge is 0.397 e. The fourth-order valence-corrected chi connectivity index (χ4v) is 3.17. The molecule has 2 aliphatic rings. The van der Waals surface area contributed by atoms with Gasteiger partial charge in [-0.05, 0) is 12.1 Å². The maximum atomic E-state index is 6.11. The molecule has 2 saturated heterocycles. The number of anilines is 3. The van der Waals surface area contributed by atoms with Crippen molar-refractivity contribution in [1.29, 1.82) is 0 Å². The topological polar surface area (TPSA) is 71.0 Å². The first-order chi connectivity index (χ1) is 10.7. The maximum absolute atomic E-state index is 6.11. The minimum Gasteiger partial charge on any atom is -0.397 e. The maximum Gasteiger partial charge on any atom is 0.0785 e. The van der Waals surface area contributed by atoms with Crippen molar-refractivity contribution in [3.8, 4) is 0 Å². The van der Waals surface area contributed by atoms with E-state index in [2.05, 4.69) is 20.8 Å². The van der Waals surface area contributed by atoms with Crippen LogP contribution in [0.3, 0.4) is 0 Å². The van der Waals surface area contributed by atoms with Gasteiger partial charge in [0, 0.05) is 52.4 Å². The first-order valence-electron chi connectivity index (χ1n) is 8.15. The molecule has 0 atom stereocenters. The van der Waals surface area contributed by atoms with Gasteiger partial charge in [0.2, 0.25) is 0 Å². The summed E-state index contributed by atoms with van der Waals surface area (Å²) < 4.78 is 5.39. The zero-order chi connectivity index (χ0) is 15.4. The summed E-state index contributed by atoms with van der Waals surface area (Å²) >= 11 is 0. The molecule has 1 aromatic rings. The lowest BCUT2D eigenvalue weighted by molar-refractivity contribution is 0.0331. The molecule has 0 radical (unpaired) electrons. The van der Waals surface area contributed by atoms with Gasteiger partial charge in [0.25, 0.3) is 0 Å². The Labute approximate surface area is 132 Å². The van der Waals surface area contributed by atoms with Gasteiger partial charge >= 0.3 is 0 Å². The van der Waals surface area contributed by atoms with Crippen LogP contribution in [0.25, 0.3) is 0 Å². The highest BCUT2D eigenvalue weighted by Crippen LogP contribution is 2.28. The van der Waals surface area contributed by atoms with Crippen LogP contribution < -0.4 is 16.4 Å². The van der Waals surface area contributed by atoms with Gasteiger partial charge < -0.3 is 21.1 Å². The van der Waals surface area contributed by atoms with E-state index in [1.165, 1.54) is 0 Å². The van der Waals surface area contributed by atoms with E-state index in [0.717, 1.165) is 71.3 Å². The predicted octanol–water partition coefficient (Wildman–Crippen LogP) is 0.305. The third-order valence-electron chi connectivity index (χ3n) is 4.67. The van der Waals surface area contributed by atoms with Crippen molar-refractivity contribution >= 4 is 17.1 Å². The van der Waals surface area contributed by atoms with Gasteiger partial charge in [0.05, 0.1) is 30.3 Å². The van der Waals surface area contributed by atoms with Crippen LogP contribution >= 0.6 is 0 Å². The van der Waals surface area contributed by atoms with Crippen molar-refractivity contribution in [3.05, 3.63) is 18.2 Å². The van der Waals surface area contributed by atoms with E-state index in [1.54, 1.807) is 0 Å². The molecule has 4 N–H and O–H groups in total. The van der Waals surface area contributed by atoms with Crippen LogP contribution in [0.4, 0.5) is 17.1 Å². The summed E-state index contributed by atoms with van der Waals surface area (Å²) in [5.74, 6) is 0. The molecule has 122 valence electrons. The van der Waals surface area contributed by atoms with E-state index in [0.29, 0.717) is 11.4 Å². The lowest BCUT2D eigenvalue weighted by atomic mass is 10.2. The minimum atomic E-state index is 0.673. The molecule has 2 fully saturated rings. The zero-order valence-electron chi connectivity index (χ0n) is 13.2. The summed E-state index contributed by atoms with van der Waals surface area (Å²) in [4.78, 5) is 7.37. The monoisotopic (exact) mass is 305 g/mol. The van der Waals surface area contributed by atoms with Crippen LogP contribution in [0.2, 0.25) is 0 Å². The van der Waals surface area contributed by atoms with Crippen LogP contribution in [0.5, 0.6) is 0 Å². The fraction of sp³-hybridized carbons (Fsp3) is 0.625. The third kappa shape index (κ3) is 3.63. The molecule has 22 heavy (non-hydrogen) atoms. The van der Waals surface area contributed by atoms with Crippen LogP contribution in [0, 0.1) is 0 Å². The van der Waals surface area contributed by atoms with Crippen molar-refractivity contribution in [1.82, 2.24) is 9.80 Å². The van der Waals surface area contributed by atoms with Gasteiger partial charge in [-0.25, -0.2) is 0 Å². The summed E-state index contributed by atoms with van der Waals surface area (Å²) in [6.07, 6.45) is 0. The molecule has 1 aromatic carbocycles. The molecular weight excluding hydrogens is 278 g/mol. The number of para-hydroxylation sites is 1. The smallest absolute Gasteiger partial charge is 0.0785 e. The molecule has 0 aromatic heterocycles. The number of piperazine rings is 1. The number of morpholine rings is 1. The van der Waals surface area contributed by atoms with E-state index in [9.17, 15) is 0 Å². The molecule has 6 heteroatoms. The second-order valence-electron chi connectivity index (χ2n) is 6.06. The van der Waals surface area contributed by atoms with Gasteiger partial charge in [0.1, 0.15) is 0 Å². The number of nitrogens with zero attached hydrogens (tertiary/aromatic N) is 3. The number of benzene rings is 1. The second-order valence-corrected chi connectivity index (χ2v) is 6.06. The molecule has 6 nitrogen and oxygen atoms in total. The van der Waals surface area contributed by atoms with Crippen molar-refractivity contribution in [2.24, 2.45) is 0 Å². The van der Waals surface area contributed by atoms with E-state index in [-0.39, 0.29) is 0 Å².